The largest absolute Gasteiger partial charge is 0.459 e. The van der Waals surface area contributed by atoms with Crippen LogP contribution in [-0.4, -0.2) is 109 Å². The average molecular weight is 995 g/mol. The van der Waals surface area contributed by atoms with E-state index in [0.29, 0.717) is 11.3 Å². The predicted octanol–water partition coefficient (Wildman–Crippen LogP) is 8.45. The van der Waals surface area contributed by atoms with Gasteiger partial charge < -0.3 is 47.4 Å². The van der Waals surface area contributed by atoms with Gasteiger partial charge in [0.15, 0.2) is 37.0 Å². The second-order valence-corrected chi connectivity index (χ2v) is 18.1. The van der Waals surface area contributed by atoms with Crippen molar-refractivity contribution < 1.29 is 71.3 Å². The van der Waals surface area contributed by atoms with Crippen molar-refractivity contribution >= 4 is 41.6 Å². The SMILES string of the molecule is CCS[C@@H]1OC(COC(=O)c2ccccc2)[C@@H](O[C@@H]2OC3COC(c4ccccc4)O[C@H]3[C@H](OC(=O)c3ccccc3)C2OC(=O)c2ccccc2)C(OC(=O)c2ccccc2)[C@@H]1OC(=O)c1ccccc1. The third-order valence-corrected chi connectivity index (χ3v) is 13.0. The zero-order valence-corrected chi connectivity index (χ0v) is 39.6. The summed E-state index contributed by atoms with van der Waals surface area (Å²) in [7, 11) is 0. The van der Waals surface area contributed by atoms with Gasteiger partial charge in [0.1, 0.15) is 36.5 Å². The molecule has 3 aliphatic heterocycles. The lowest BCUT2D eigenvalue weighted by atomic mass is 9.95. The van der Waals surface area contributed by atoms with Crippen LogP contribution in [0.1, 0.15) is 70.6 Å². The van der Waals surface area contributed by atoms with Gasteiger partial charge in [-0.05, 0) is 66.4 Å². The Hall–Kier alpha value is -7.18. The third kappa shape index (κ3) is 11.9. The van der Waals surface area contributed by atoms with Gasteiger partial charge in [-0.15, -0.1) is 11.8 Å². The summed E-state index contributed by atoms with van der Waals surface area (Å²) in [6, 6.07) is 50.2. The maximum Gasteiger partial charge on any atom is 0.338 e. The van der Waals surface area contributed by atoms with Crippen molar-refractivity contribution in [2.24, 2.45) is 0 Å². The molecule has 0 saturated carbocycles. The summed E-state index contributed by atoms with van der Waals surface area (Å²) < 4.78 is 64.6. The van der Waals surface area contributed by atoms with E-state index in [-0.39, 0.29) is 34.4 Å². The molecule has 0 spiro atoms. The van der Waals surface area contributed by atoms with Gasteiger partial charge in [0.2, 0.25) is 0 Å². The number of esters is 5. The smallest absolute Gasteiger partial charge is 0.338 e. The van der Waals surface area contributed by atoms with Gasteiger partial charge in [-0.25, -0.2) is 24.0 Å². The highest BCUT2D eigenvalue weighted by molar-refractivity contribution is 7.99. The Bertz CT molecular complexity index is 2740. The van der Waals surface area contributed by atoms with Gasteiger partial charge in [-0.1, -0.05) is 128 Å². The summed E-state index contributed by atoms with van der Waals surface area (Å²) in [5, 5.41) is 0. The fraction of sp³-hybridized carbons (Fsp3) is 0.268. The van der Waals surface area contributed by atoms with Crippen molar-refractivity contribution in [2.75, 3.05) is 19.0 Å². The van der Waals surface area contributed by atoms with Crippen molar-refractivity contribution in [1.82, 2.24) is 0 Å². The first-order valence-electron chi connectivity index (χ1n) is 23.4. The molecule has 0 radical (unpaired) electrons. The number of ether oxygens (including phenoxy) is 10. The summed E-state index contributed by atoms with van der Waals surface area (Å²) in [5.41, 5.74) is 0.568. The zero-order chi connectivity index (χ0) is 49.8. The molecule has 16 heteroatoms. The molecule has 3 saturated heterocycles. The van der Waals surface area contributed by atoms with Crippen LogP contribution in [0.3, 0.4) is 0 Å². The Morgan fingerprint density at radius 2 is 0.889 bits per heavy atom. The van der Waals surface area contributed by atoms with Crippen LogP contribution in [0.4, 0.5) is 0 Å². The number of carbonyl (C=O) groups is 5. The molecule has 15 nitrogen and oxygen atoms in total. The van der Waals surface area contributed by atoms with E-state index in [9.17, 15) is 24.0 Å². The summed E-state index contributed by atoms with van der Waals surface area (Å²) in [4.78, 5) is 70.6. The third-order valence-electron chi connectivity index (χ3n) is 12.0. The first-order valence-corrected chi connectivity index (χ1v) is 24.4. The number of carbonyl (C=O) groups excluding carboxylic acids is 5. The lowest BCUT2D eigenvalue weighted by molar-refractivity contribution is -0.375. The van der Waals surface area contributed by atoms with Crippen molar-refractivity contribution in [3.63, 3.8) is 0 Å². The molecular formula is C56H50O15S. The van der Waals surface area contributed by atoms with Gasteiger partial charge >= 0.3 is 29.8 Å². The Morgan fingerprint density at radius 3 is 1.36 bits per heavy atom. The van der Waals surface area contributed by atoms with E-state index in [2.05, 4.69) is 0 Å². The molecule has 9 rings (SSSR count). The molecule has 6 aromatic rings. The molecule has 0 N–H and O–H groups in total. The molecule has 11 atom stereocenters. The van der Waals surface area contributed by atoms with Crippen LogP contribution in [-0.2, 0) is 47.4 Å². The maximum absolute atomic E-state index is 14.3. The fourth-order valence-electron chi connectivity index (χ4n) is 8.46. The number of thioether (sulfide) groups is 1. The molecule has 5 unspecified atom stereocenters. The number of hydrogen-bond acceptors (Lipinski definition) is 16. The molecule has 0 bridgehead atoms. The minimum atomic E-state index is -1.70. The van der Waals surface area contributed by atoms with Crippen LogP contribution in [0.2, 0.25) is 0 Å². The van der Waals surface area contributed by atoms with E-state index >= 15 is 0 Å². The molecule has 0 amide bonds. The molecule has 3 fully saturated rings. The topological polar surface area (TPSA) is 178 Å². The number of hydrogen-bond donors (Lipinski definition) is 0. The number of fused-ring (bicyclic) bond motifs is 1. The van der Waals surface area contributed by atoms with Gasteiger partial charge in [0.05, 0.1) is 34.4 Å². The average Bonchev–Trinajstić information content (AvgIpc) is 3.43. The summed E-state index contributed by atoms with van der Waals surface area (Å²) in [6.07, 6.45) is -13.7. The summed E-state index contributed by atoms with van der Waals surface area (Å²) >= 11 is 1.25. The predicted molar refractivity (Wildman–Crippen MR) is 260 cm³/mol. The highest BCUT2D eigenvalue weighted by Crippen LogP contribution is 2.41. The van der Waals surface area contributed by atoms with E-state index in [4.69, 9.17) is 47.4 Å². The van der Waals surface area contributed by atoms with Crippen molar-refractivity contribution in [1.29, 1.82) is 0 Å². The normalized spacial score (nSPS) is 25.7. The highest BCUT2D eigenvalue weighted by Gasteiger charge is 2.58. The molecule has 72 heavy (non-hydrogen) atoms. The van der Waals surface area contributed by atoms with Crippen LogP contribution in [0.5, 0.6) is 0 Å². The second kappa shape index (κ2) is 23.8. The lowest BCUT2D eigenvalue weighted by Gasteiger charge is -2.50. The van der Waals surface area contributed by atoms with Crippen LogP contribution in [0.15, 0.2) is 182 Å². The van der Waals surface area contributed by atoms with E-state index in [1.807, 2.05) is 37.3 Å². The molecular weight excluding hydrogens is 945 g/mol. The molecule has 3 heterocycles. The Balaban J connectivity index is 1.15. The van der Waals surface area contributed by atoms with E-state index < -0.39 is 103 Å². The molecule has 6 aromatic carbocycles. The Kier molecular flexibility index (Phi) is 16.5. The quantitative estimate of drug-likeness (QED) is 0.0666. The number of benzene rings is 6. The molecule has 370 valence electrons. The first-order chi connectivity index (χ1) is 35.2. The van der Waals surface area contributed by atoms with Crippen LogP contribution >= 0.6 is 11.8 Å². The van der Waals surface area contributed by atoms with Crippen LogP contribution in [0.25, 0.3) is 0 Å². The van der Waals surface area contributed by atoms with E-state index in [1.165, 1.54) is 11.8 Å². The van der Waals surface area contributed by atoms with E-state index in [1.54, 1.807) is 152 Å². The van der Waals surface area contributed by atoms with Gasteiger partial charge in [0.25, 0.3) is 0 Å². The standard InChI is InChI=1S/C56H50O15S/c1-2-72-56-48(69-53(61)39-29-17-7-18-30-39)46(67-51(59)37-25-13-5-14-26-37)44(42(65-56)33-62-49(57)35-21-9-3-10-22-35)71-55-47(68-52(60)38-27-15-6-16-28-38)45(66-50(58)36-23-11-4-12-24-36)43-41(64-55)34-63-54(70-43)40-31-19-8-20-32-40/h3-32,41-48,54-56H,2,33-34H2,1H3/t41?,42?,43-,44-,45+,46?,47?,48+,54?,55+,56+/m1/s1. The highest BCUT2D eigenvalue weighted by atomic mass is 32.2. The van der Waals surface area contributed by atoms with Crippen LogP contribution < -0.4 is 0 Å². The fourth-order valence-corrected chi connectivity index (χ4v) is 9.41. The first kappa shape index (κ1) is 49.8. The van der Waals surface area contributed by atoms with Crippen molar-refractivity contribution in [3.05, 3.63) is 215 Å². The van der Waals surface area contributed by atoms with Crippen molar-refractivity contribution in [3.8, 4) is 0 Å². The van der Waals surface area contributed by atoms with Gasteiger partial charge in [-0.2, -0.15) is 0 Å². The second-order valence-electron chi connectivity index (χ2n) is 16.7. The van der Waals surface area contributed by atoms with E-state index in [0.717, 1.165) is 0 Å². The molecule has 0 aromatic heterocycles. The summed E-state index contributed by atoms with van der Waals surface area (Å²) in [5.74, 6) is -3.45. The maximum atomic E-state index is 14.3. The molecule has 3 aliphatic rings. The monoisotopic (exact) mass is 994 g/mol. The van der Waals surface area contributed by atoms with Gasteiger partial charge in [0, 0.05) is 5.56 Å². The Labute approximate surface area is 419 Å². The van der Waals surface area contributed by atoms with Crippen LogP contribution in [0, 0.1) is 0 Å². The Morgan fingerprint density at radius 1 is 0.472 bits per heavy atom. The van der Waals surface area contributed by atoms with Gasteiger partial charge in [-0.3, -0.25) is 0 Å². The number of rotatable bonds is 16. The molecule has 0 aliphatic carbocycles. The minimum absolute atomic E-state index is 0.124. The zero-order valence-electron chi connectivity index (χ0n) is 38.8. The minimum Gasteiger partial charge on any atom is -0.459 e. The summed E-state index contributed by atoms with van der Waals surface area (Å²) in [6.45, 7) is 1.26. The lowest BCUT2D eigenvalue weighted by Crippen LogP contribution is -2.67. The van der Waals surface area contributed by atoms with Crippen molar-refractivity contribution in [2.45, 2.75) is 73.8 Å².